The second kappa shape index (κ2) is 5.53. The fourth-order valence-electron chi connectivity index (χ4n) is 3.28. The average Bonchev–Trinajstić information content (AvgIpc) is 2.10. The molecule has 0 aliphatic carbocycles. The highest BCUT2D eigenvalue weighted by Gasteiger charge is 2.46. The predicted molar refractivity (Wildman–Crippen MR) is 79.7 cm³/mol. The van der Waals surface area contributed by atoms with Gasteiger partial charge in [0.05, 0.1) is 0 Å². The number of likely N-dealkylation sites (tertiary alicyclic amines) is 1. The molecule has 1 aliphatic rings. The Morgan fingerprint density at radius 1 is 1.26 bits per heavy atom. The number of nitrogens with one attached hydrogen (secondary N) is 1. The number of hydrogen-bond acceptors (Lipinski definition) is 2. The second-order valence-corrected chi connectivity index (χ2v) is 7.18. The molecule has 4 heteroatoms. The molecule has 0 bridgehead atoms. The molecule has 3 N–H and O–H groups in total. The Morgan fingerprint density at radius 2 is 1.74 bits per heavy atom. The Labute approximate surface area is 117 Å². The zero-order chi connectivity index (χ0) is 14.8. The number of carbonyl (C=O) groups excluding carboxylic acids is 1. The third-order valence-electron chi connectivity index (χ3n) is 3.63. The highest BCUT2D eigenvalue weighted by Crippen LogP contribution is 2.37. The van der Waals surface area contributed by atoms with E-state index in [1.165, 1.54) is 0 Å². The molecule has 4 nitrogen and oxygen atoms in total. The van der Waals surface area contributed by atoms with Crippen molar-refractivity contribution in [1.29, 1.82) is 0 Å². The zero-order valence-corrected chi connectivity index (χ0v) is 13.2. The van der Waals surface area contributed by atoms with Gasteiger partial charge in [-0.05, 0) is 46.5 Å². The summed E-state index contributed by atoms with van der Waals surface area (Å²) in [6.07, 6.45) is 5.39. The van der Waals surface area contributed by atoms with Crippen molar-refractivity contribution in [2.24, 2.45) is 11.7 Å². The Bertz CT molecular complexity index is 340. The molecule has 0 radical (unpaired) electrons. The van der Waals surface area contributed by atoms with Gasteiger partial charge in [0, 0.05) is 23.3 Å². The molecular weight excluding hydrogens is 238 g/mol. The molecule has 1 aliphatic heterocycles. The van der Waals surface area contributed by atoms with Crippen LogP contribution >= 0.6 is 0 Å². The van der Waals surface area contributed by atoms with E-state index < -0.39 is 0 Å². The standard InChI is InChI=1S/C15H29N3O/c1-11(2)7-8-17-13(19)18-14(3,4)9-12(16)10-15(18,5)6/h7-8,11-12H,9-10,16H2,1-6H3,(H,17,19)/b8-7+. The third-order valence-corrected chi connectivity index (χ3v) is 3.63. The minimum Gasteiger partial charge on any atom is -0.328 e. The van der Waals surface area contributed by atoms with Crippen LogP contribution in [0.2, 0.25) is 0 Å². The lowest BCUT2D eigenvalue weighted by Gasteiger charge is -2.54. The summed E-state index contributed by atoms with van der Waals surface area (Å²) in [7, 11) is 0. The van der Waals surface area contributed by atoms with Gasteiger partial charge in [0.15, 0.2) is 0 Å². The first-order chi connectivity index (χ1) is 8.56. The van der Waals surface area contributed by atoms with Crippen molar-refractivity contribution in [2.75, 3.05) is 0 Å². The van der Waals surface area contributed by atoms with Gasteiger partial charge in [-0.1, -0.05) is 19.9 Å². The van der Waals surface area contributed by atoms with Crippen LogP contribution in [0.15, 0.2) is 12.3 Å². The Balaban J connectivity index is 2.85. The molecule has 0 aromatic carbocycles. The fourth-order valence-corrected chi connectivity index (χ4v) is 3.28. The molecule has 110 valence electrons. The summed E-state index contributed by atoms with van der Waals surface area (Å²) in [5.74, 6) is 0.427. The highest BCUT2D eigenvalue weighted by molar-refractivity contribution is 5.77. The summed E-state index contributed by atoms with van der Waals surface area (Å²) in [6, 6.07) is 0.110. The van der Waals surface area contributed by atoms with Gasteiger partial charge >= 0.3 is 6.03 Å². The van der Waals surface area contributed by atoms with Gasteiger partial charge in [-0.2, -0.15) is 0 Å². The molecule has 0 unspecified atom stereocenters. The number of carbonyl (C=O) groups is 1. The van der Waals surface area contributed by atoms with Gasteiger partial charge in [0.25, 0.3) is 0 Å². The minimum absolute atomic E-state index is 0.0428. The maximum absolute atomic E-state index is 12.4. The molecule has 1 rings (SSSR count). The van der Waals surface area contributed by atoms with E-state index in [0.29, 0.717) is 5.92 Å². The van der Waals surface area contributed by atoms with Crippen LogP contribution in [-0.4, -0.2) is 28.1 Å². The van der Waals surface area contributed by atoms with Gasteiger partial charge in [-0.25, -0.2) is 4.79 Å². The van der Waals surface area contributed by atoms with Crippen LogP contribution < -0.4 is 11.1 Å². The van der Waals surface area contributed by atoms with Gasteiger partial charge in [0.1, 0.15) is 0 Å². The first-order valence-corrected chi connectivity index (χ1v) is 7.09. The maximum atomic E-state index is 12.4. The monoisotopic (exact) mass is 267 g/mol. The molecule has 0 aromatic heterocycles. The first-order valence-electron chi connectivity index (χ1n) is 7.09. The number of allylic oxidation sites excluding steroid dienone is 1. The van der Waals surface area contributed by atoms with Crippen LogP contribution in [0.5, 0.6) is 0 Å². The van der Waals surface area contributed by atoms with E-state index in [2.05, 4.69) is 46.9 Å². The van der Waals surface area contributed by atoms with Crippen molar-refractivity contribution < 1.29 is 4.79 Å². The Kier molecular flexibility index (Phi) is 4.67. The molecule has 0 saturated carbocycles. The molecular formula is C15H29N3O. The number of piperidine rings is 1. The van der Waals surface area contributed by atoms with E-state index in [4.69, 9.17) is 5.73 Å². The van der Waals surface area contributed by atoms with Crippen molar-refractivity contribution in [1.82, 2.24) is 10.2 Å². The fraction of sp³-hybridized carbons (Fsp3) is 0.800. The summed E-state index contributed by atoms with van der Waals surface area (Å²) >= 11 is 0. The number of amides is 2. The lowest BCUT2D eigenvalue weighted by Crippen LogP contribution is -2.66. The minimum atomic E-state index is -0.225. The quantitative estimate of drug-likeness (QED) is 0.808. The number of nitrogens with zero attached hydrogens (tertiary/aromatic N) is 1. The molecule has 19 heavy (non-hydrogen) atoms. The first kappa shape index (κ1) is 16.0. The lowest BCUT2D eigenvalue weighted by molar-refractivity contribution is 0.00441. The van der Waals surface area contributed by atoms with Crippen molar-refractivity contribution in [3.8, 4) is 0 Å². The van der Waals surface area contributed by atoms with E-state index in [9.17, 15) is 4.79 Å². The second-order valence-electron chi connectivity index (χ2n) is 7.18. The van der Waals surface area contributed by atoms with E-state index in [0.717, 1.165) is 12.8 Å². The van der Waals surface area contributed by atoms with Crippen molar-refractivity contribution in [3.05, 3.63) is 12.3 Å². The van der Waals surface area contributed by atoms with Crippen molar-refractivity contribution in [2.45, 2.75) is 71.5 Å². The van der Waals surface area contributed by atoms with Crippen LogP contribution in [0, 0.1) is 5.92 Å². The average molecular weight is 267 g/mol. The lowest BCUT2D eigenvalue weighted by atomic mass is 9.77. The van der Waals surface area contributed by atoms with Crippen LogP contribution in [-0.2, 0) is 0 Å². The summed E-state index contributed by atoms with van der Waals surface area (Å²) < 4.78 is 0. The van der Waals surface area contributed by atoms with Crippen LogP contribution in [0.1, 0.15) is 54.4 Å². The summed E-state index contributed by atoms with van der Waals surface area (Å²) in [5, 5.41) is 2.88. The summed E-state index contributed by atoms with van der Waals surface area (Å²) in [6.45, 7) is 12.5. The van der Waals surface area contributed by atoms with Crippen LogP contribution in [0.3, 0.4) is 0 Å². The van der Waals surface area contributed by atoms with Gasteiger partial charge in [-0.15, -0.1) is 0 Å². The summed E-state index contributed by atoms with van der Waals surface area (Å²) in [5.41, 5.74) is 5.67. The van der Waals surface area contributed by atoms with E-state index in [1.807, 2.05) is 11.0 Å². The molecule has 0 atom stereocenters. The molecule has 1 heterocycles. The molecule has 2 amide bonds. The largest absolute Gasteiger partial charge is 0.328 e. The normalized spacial score (nSPS) is 23.1. The Morgan fingerprint density at radius 3 is 2.16 bits per heavy atom. The predicted octanol–water partition coefficient (Wildman–Crippen LogP) is 2.85. The number of rotatable bonds is 2. The maximum Gasteiger partial charge on any atom is 0.322 e. The van der Waals surface area contributed by atoms with Gasteiger partial charge in [0.2, 0.25) is 0 Å². The summed E-state index contributed by atoms with van der Waals surface area (Å²) in [4.78, 5) is 14.4. The zero-order valence-electron chi connectivity index (χ0n) is 13.2. The highest BCUT2D eigenvalue weighted by atomic mass is 16.2. The van der Waals surface area contributed by atoms with Gasteiger partial charge < -0.3 is 16.0 Å². The van der Waals surface area contributed by atoms with Crippen molar-refractivity contribution in [3.63, 3.8) is 0 Å². The molecule has 1 saturated heterocycles. The topological polar surface area (TPSA) is 58.4 Å². The van der Waals surface area contributed by atoms with E-state index >= 15 is 0 Å². The van der Waals surface area contributed by atoms with Crippen LogP contribution in [0.4, 0.5) is 4.79 Å². The Hall–Kier alpha value is -1.03. The van der Waals surface area contributed by atoms with E-state index in [-0.39, 0.29) is 23.2 Å². The molecule has 0 spiro atoms. The molecule has 0 aromatic rings. The van der Waals surface area contributed by atoms with Crippen LogP contribution in [0.25, 0.3) is 0 Å². The van der Waals surface area contributed by atoms with Gasteiger partial charge in [-0.3, -0.25) is 0 Å². The SMILES string of the molecule is CC(C)/C=C/NC(=O)N1C(C)(C)CC(N)CC1(C)C. The third kappa shape index (κ3) is 3.96. The number of hydrogen-bond donors (Lipinski definition) is 2. The van der Waals surface area contributed by atoms with E-state index in [1.54, 1.807) is 6.20 Å². The smallest absolute Gasteiger partial charge is 0.322 e. The number of nitrogens with two attached hydrogens (primary N) is 1. The van der Waals surface area contributed by atoms with Crippen molar-refractivity contribution >= 4 is 6.03 Å². The number of urea groups is 1. The molecule has 1 fully saturated rings.